The maximum atomic E-state index is 14.7. The summed E-state index contributed by atoms with van der Waals surface area (Å²) in [5.74, 6) is -0.726. The first-order valence-electron chi connectivity index (χ1n) is 10.3. The lowest BCUT2D eigenvalue weighted by Gasteiger charge is -2.32. The molecule has 1 aliphatic heterocycles. The molecule has 1 atom stereocenters. The Kier molecular flexibility index (Phi) is 5.97. The van der Waals surface area contributed by atoms with Crippen LogP contribution in [0.4, 0.5) is 36.7 Å². The molecule has 33 heavy (non-hydrogen) atoms. The van der Waals surface area contributed by atoms with Gasteiger partial charge in [-0.2, -0.15) is 26.3 Å². The third kappa shape index (κ3) is 4.61. The molecule has 5 nitrogen and oxygen atoms in total. The molecule has 3 heterocycles. The molecular weight excluding hydrogens is 455 g/mol. The molecule has 1 saturated heterocycles. The molecule has 3 aromatic rings. The van der Waals surface area contributed by atoms with Crippen molar-refractivity contribution >= 4 is 11.5 Å². The van der Waals surface area contributed by atoms with E-state index in [4.69, 9.17) is 0 Å². The van der Waals surface area contributed by atoms with Crippen LogP contribution in [0.15, 0.2) is 30.5 Å². The number of halogens is 7. The van der Waals surface area contributed by atoms with E-state index >= 15 is 0 Å². The second-order valence-electron chi connectivity index (χ2n) is 7.89. The molecule has 0 saturated carbocycles. The molecular formula is C21H20F7N5. The average molecular weight is 475 g/mol. The highest BCUT2D eigenvalue weighted by Gasteiger charge is 2.39. The van der Waals surface area contributed by atoms with Crippen molar-refractivity contribution in [3.05, 3.63) is 47.4 Å². The van der Waals surface area contributed by atoms with Crippen molar-refractivity contribution in [2.24, 2.45) is 0 Å². The van der Waals surface area contributed by atoms with Gasteiger partial charge in [-0.15, -0.1) is 10.2 Å². The molecule has 0 unspecified atom stereocenters. The number of likely N-dealkylation sites (tertiary alicyclic amines) is 1. The van der Waals surface area contributed by atoms with Crippen LogP contribution in [0.5, 0.6) is 0 Å². The predicted molar refractivity (Wildman–Crippen MR) is 107 cm³/mol. The van der Waals surface area contributed by atoms with Gasteiger partial charge in [-0.1, -0.05) is 13.0 Å². The third-order valence-corrected chi connectivity index (χ3v) is 5.73. The zero-order chi connectivity index (χ0) is 24.0. The number of anilines is 1. The highest BCUT2D eigenvalue weighted by Crippen LogP contribution is 2.41. The monoisotopic (exact) mass is 475 g/mol. The van der Waals surface area contributed by atoms with Crippen molar-refractivity contribution < 1.29 is 30.7 Å². The van der Waals surface area contributed by atoms with Crippen LogP contribution >= 0.6 is 0 Å². The molecule has 2 aromatic heterocycles. The van der Waals surface area contributed by atoms with E-state index in [1.807, 2.05) is 6.92 Å². The SMILES string of the molecule is CCN1CCC[C@@H](Nc2nnc(-c3ccc(C(F)(F)F)cc3C(F)(F)F)c3c(F)ccn23)C1. The first-order valence-corrected chi connectivity index (χ1v) is 10.3. The van der Waals surface area contributed by atoms with Crippen LogP contribution in [0.25, 0.3) is 16.8 Å². The first kappa shape index (κ1) is 23.3. The molecule has 178 valence electrons. The summed E-state index contributed by atoms with van der Waals surface area (Å²) in [5.41, 5.74) is -4.52. The number of hydrogen-bond donors (Lipinski definition) is 1. The van der Waals surface area contributed by atoms with E-state index in [1.165, 1.54) is 10.6 Å². The lowest BCUT2D eigenvalue weighted by molar-refractivity contribution is -0.142. The quantitative estimate of drug-likeness (QED) is 0.509. The van der Waals surface area contributed by atoms with Crippen LogP contribution in [-0.4, -0.2) is 45.2 Å². The molecule has 0 amide bonds. The Labute approximate surface area is 184 Å². The van der Waals surface area contributed by atoms with Gasteiger partial charge in [0, 0.05) is 24.3 Å². The summed E-state index contributed by atoms with van der Waals surface area (Å²) in [7, 11) is 0. The standard InChI is InChI=1S/C21H20F7N5/c1-2-32-8-3-4-13(11-32)29-19-31-30-17(18-16(22)7-9-33(18)19)14-6-5-12(20(23,24)25)10-15(14)21(26,27)28/h5-7,9-10,13H,2-4,8,11H2,1H3,(H,29,31)/t13-/m1/s1. The van der Waals surface area contributed by atoms with Crippen molar-refractivity contribution in [1.82, 2.24) is 19.5 Å². The number of benzene rings is 1. The fourth-order valence-corrected chi connectivity index (χ4v) is 4.09. The fourth-order valence-electron chi connectivity index (χ4n) is 4.09. The van der Waals surface area contributed by atoms with Crippen LogP contribution in [0.1, 0.15) is 30.9 Å². The minimum absolute atomic E-state index is 0.00187. The van der Waals surface area contributed by atoms with Crippen molar-refractivity contribution in [3.63, 3.8) is 0 Å². The maximum absolute atomic E-state index is 14.7. The Morgan fingerprint density at radius 2 is 1.82 bits per heavy atom. The van der Waals surface area contributed by atoms with Gasteiger partial charge in [-0.05, 0) is 44.1 Å². The molecule has 1 N–H and O–H groups in total. The van der Waals surface area contributed by atoms with E-state index in [-0.39, 0.29) is 23.6 Å². The molecule has 4 rings (SSSR count). The van der Waals surface area contributed by atoms with E-state index in [0.717, 1.165) is 32.0 Å². The molecule has 0 aliphatic carbocycles. The molecule has 12 heteroatoms. The molecule has 1 aromatic carbocycles. The first-order chi connectivity index (χ1) is 15.5. The minimum Gasteiger partial charge on any atom is -0.350 e. The van der Waals surface area contributed by atoms with Crippen molar-refractivity contribution in [3.8, 4) is 11.3 Å². The van der Waals surface area contributed by atoms with E-state index in [1.54, 1.807) is 0 Å². The highest BCUT2D eigenvalue weighted by molar-refractivity contribution is 5.80. The van der Waals surface area contributed by atoms with Crippen LogP contribution in [-0.2, 0) is 12.4 Å². The lowest BCUT2D eigenvalue weighted by atomic mass is 10.00. The van der Waals surface area contributed by atoms with Crippen LogP contribution < -0.4 is 5.32 Å². The van der Waals surface area contributed by atoms with Gasteiger partial charge < -0.3 is 10.2 Å². The number of nitrogens with one attached hydrogen (secondary N) is 1. The summed E-state index contributed by atoms with van der Waals surface area (Å²) in [6.07, 6.45) is -7.05. The smallest absolute Gasteiger partial charge is 0.350 e. The van der Waals surface area contributed by atoms with E-state index in [9.17, 15) is 30.7 Å². The van der Waals surface area contributed by atoms with Gasteiger partial charge >= 0.3 is 12.4 Å². The van der Waals surface area contributed by atoms with Gasteiger partial charge in [-0.3, -0.25) is 4.40 Å². The largest absolute Gasteiger partial charge is 0.417 e. The number of nitrogens with zero attached hydrogens (tertiary/aromatic N) is 4. The molecule has 1 fully saturated rings. The fraction of sp³-hybridized carbons (Fsp3) is 0.429. The topological polar surface area (TPSA) is 45.5 Å². The Morgan fingerprint density at radius 3 is 2.48 bits per heavy atom. The van der Waals surface area contributed by atoms with Crippen LogP contribution in [0, 0.1) is 5.82 Å². The van der Waals surface area contributed by atoms with E-state index in [2.05, 4.69) is 20.4 Å². The summed E-state index contributed by atoms with van der Waals surface area (Å²) in [6, 6.07) is 2.18. The van der Waals surface area contributed by atoms with Crippen LogP contribution in [0.2, 0.25) is 0 Å². The zero-order valence-corrected chi connectivity index (χ0v) is 17.4. The second-order valence-corrected chi connectivity index (χ2v) is 7.89. The lowest BCUT2D eigenvalue weighted by Crippen LogP contribution is -2.42. The summed E-state index contributed by atoms with van der Waals surface area (Å²) in [5, 5.41) is 10.9. The molecule has 0 spiro atoms. The Hall–Kier alpha value is -2.89. The number of piperidine rings is 1. The third-order valence-electron chi connectivity index (χ3n) is 5.73. The van der Waals surface area contributed by atoms with Crippen molar-refractivity contribution in [2.75, 3.05) is 25.0 Å². The van der Waals surface area contributed by atoms with Crippen molar-refractivity contribution in [2.45, 2.75) is 38.2 Å². The van der Waals surface area contributed by atoms with Gasteiger partial charge in [0.15, 0.2) is 5.82 Å². The summed E-state index contributed by atoms with van der Waals surface area (Å²) >= 11 is 0. The van der Waals surface area contributed by atoms with Crippen LogP contribution in [0.3, 0.4) is 0 Å². The van der Waals surface area contributed by atoms with Gasteiger partial charge in [-0.25, -0.2) is 4.39 Å². The summed E-state index contributed by atoms with van der Waals surface area (Å²) in [6.45, 7) is 4.53. The Balaban J connectivity index is 1.80. The second kappa shape index (κ2) is 8.47. The molecule has 0 radical (unpaired) electrons. The van der Waals surface area contributed by atoms with Gasteiger partial charge in [0.25, 0.3) is 0 Å². The average Bonchev–Trinajstić information content (AvgIpc) is 3.15. The summed E-state index contributed by atoms with van der Waals surface area (Å²) < 4.78 is 95.9. The number of alkyl halides is 6. The van der Waals surface area contributed by atoms with Gasteiger partial charge in [0.2, 0.25) is 5.95 Å². The number of fused-ring (bicyclic) bond motifs is 1. The number of likely N-dealkylation sites (N-methyl/N-ethyl adjacent to an activating group) is 1. The maximum Gasteiger partial charge on any atom is 0.417 e. The Morgan fingerprint density at radius 1 is 1.06 bits per heavy atom. The molecule has 0 bridgehead atoms. The van der Waals surface area contributed by atoms with Gasteiger partial charge in [0.1, 0.15) is 11.2 Å². The predicted octanol–water partition coefficient (Wildman–Crippen LogP) is 5.47. The van der Waals surface area contributed by atoms with Gasteiger partial charge in [0.05, 0.1) is 11.1 Å². The normalized spacial score (nSPS) is 18.1. The highest BCUT2D eigenvalue weighted by atomic mass is 19.4. The number of rotatable bonds is 4. The number of aromatic nitrogens is 3. The van der Waals surface area contributed by atoms with Crippen molar-refractivity contribution in [1.29, 1.82) is 0 Å². The van der Waals surface area contributed by atoms with E-state index in [0.29, 0.717) is 18.7 Å². The summed E-state index contributed by atoms with van der Waals surface area (Å²) in [4.78, 5) is 2.22. The molecule has 1 aliphatic rings. The number of hydrogen-bond acceptors (Lipinski definition) is 4. The van der Waals surface area contributed by atoms with E-state index < -0.39 is 40.6 Å². The minimum atomic E-state index is -5.12. The Bertz CT molecular complexity index is 1150. The zero-order valence-electron chi connectivity index (χ0n) is 17.4.